The molecule has 0 saturated carbocycles. The van der Waals surface area contributed by atoms with Crippen LogP contribution in [0.3, 0.4) is 0 Å². The first kappa shape index (κ1) is 22.5. The van der Waals surface area contributed by atoms with Gasteiger partial charge in [0, 0.05) is 31.4 Å². The van der Waals surface area contributed by atoms with Crippen molar-refractivity contribution in [2.24, 2.45) is 0 Å². The van der Waals surface area contributed by atoms with Gasteiger partial charge in [-0.3, -0.25) is 9.69 Å². The Labute approximate surface area is 199 Å². The van der Waals surface area contributed by atoms with E-state index in [1.54, 1.807) is 18.0 Å². The molecule has 1 N–H and O–H groups in total. The third-order valence-corrected chi connectivity index (χ3v) is 6.57. The van der Waals surface area contributed by atoms with Gasteiger partial charge in [0.1, 0.15) is 5.75 Å². The number of fused-ring (bicyclic) bond motifs is 3. The topological polar surface area (TPSA) is 94.4 Å². The smallest absolute Gasteiger partial charge is 0.254 e. The summed E-state index contributed by atoms with van der Waals surface area (Å²) in [6.45, 7) is 6.93. The van der Waals surface area contributed by atoms with Gasteiger partial charge in [0.15, 0.2) is 0 Å². The first-order chi connectivity index (χ1) is 16.6. The van der Waals surface area contributed by atoms with Gasteiger partial charge in [-0.15, -0.1) is 0 Å². The van der Waals surface area contributed by atoms with E-state index in [2.05, 4.69) is 26.4 Å². The maximum Gasteiger partial charge on any atom is 0.254 e. The number of aryl methyl sites for hydroxylation is 2. The quantitative estimate of drug-likeness (QED) is 0.538. The Morgan fingerprint density at radius 2 is 2.00 bits per heavy atom. The molecule has 1 aliphatic carbocycles. The highest BCUT2D eigenvalue weighted by molar-refractivity contribution is 5.95. The predicted octanol–water partition coefficient (Wildman–Crippen LogP) is 2.20. The molecule has 2 aliphatic rings. The lowest BCUT2D eigenvalue weighted by Gasteiger charge is -2.26. The molecule has 3 aromatic rings. The van der Waals surface area contributed by atoms with Crippen LogP contribution in [0.4, 0.5) is 0 Å². The molecule has 2 aromatic heterocycles. The van der Waals surface area contributed by atoms with E-state index in [1.807, 2.05) is 25.3 Å². The van der Waals surface area contributed by atoms with Crippen LogP contribution < -0.4 is 10.1 Å². The number of carbonyl (C=O) groups is 1. The van der Waals surface area contributed by atoms with Crippen molar-refractivity contribution in [1.29, 1.82) is 0 Å². The van der Waals surface area contributed by atoms with Crippen molar-refractivity contribution in [1.82, 2.24) is 30.0 Å². The number of aromatic nitrogens is 4. The number of rotatable bonds is 7. The highest BCUT2D eigenvalue weighted by Gasteiger charge is 2.22. The molecule has 0 atom stereocenters. The molecule has 9 nitrogen and oxygen atoms in total. The first-order valence-corrected chi connectivity index (χ1v) is 11.8. The van der Waals surface area contributed by atoms with Crippen molar-refractivity contribution in [3.63, 3.8) is 0 Å². The van der Waals surface area contributed by atoms with Gasteiger partial charge in [0.05, 0.1) is 43.5 Å². The van der Waals surface area contributed by atoms with Gasteiger partial charge >= 0.3 is 0 Å². The highest BCUT2D eigenvalue weighted by atomic mass is 16.5. The summed E-state index contributed by atoms with van der Waals surface area (Å²) in [6, 6.07) is 6.10. The zero-order valence-electron chi connectivity index (χ0n) is 19.7. The summed E-state index contributed by atoms with van der Waals surface area (Å²) in [5.74, 6) is 1.13. The van der Waals surface area contributed by atoms with E-state index in [0.717, 1.165) is 74.7 Å². The minimum atomic E-state index is -0.126. The summed E-state index contributed by atoms with van der Waals surface area (Å²) in [6.07, 6.45) is 6.20. The Bertz CT molecular complexity index is 1190. The minimum Gasteiger partial charge on any atom is -0.497 e. The number of nitrogens with one attached hydrogen (secondary N) is 1. The molecule has 3 heterocycles. The Morgan fingerprint density at radius 1 is 1.18 bits per heavy atom. The van der Waals surface area contributed by atoms with E-state index < -0.39 is 0 Å². The van der Waals surface area contributed by atoms with Crippen molar-refractivity contribution in [3.05, 3.63) is 53.0 Å². The van der Waals surface area contributed by atoms with Gasteiger partial charge in [-0.25, -0.2) is 14.6 Å². The molecule has 1 aliphatic heterocycles. The van der Waals surface area contributed by atoms with Crippen molar-refractivity contribution < 1.29 is 14.3 Å². The number of morpholine rings is 1. The maximum absolute atomic E-state index is 12.8. The zero-order chi connectivity index (χ0) is 23.5. The Morgan fingerprint density at radius 3 is 2.82 bits per heavy atom. The molecule has 0 radical (unpaired) electrons. The van der Waals surface area contributed by atoms with Gasteiger partial charge in [-0.05, 0) is 56.0 Å². The number of methoxy groups -OCH3 is 1. The van der Waals surface area contributed by atoms with E-state index in [0.29, 0.717) is 23.8 Å². The van der Waals surface area contributed by atoms with Crippen molar-refractivity contribution in [3.8, 4) is 23.0 Å². The molecule has 1 amide bonds. The Balaban J connectivity index is 1.30. The first-order valence-electron chi connectivity index (χ1n) is 11.8. The number of ether oxygens (including phenoxy) is 2. The van der Waals surface area contributed by atoms with E-state index in [4.69, 9.17) is 14.5 Å². The van der Waals surface area contributed by atoms with Gasteiger partial charge < -0.3 is 14.8 Å². The number of hydrogen-bond acceptors (Lipinski definition) is 7. The average Bonchev–Trinajstić information content (AvgIpc) is 3.27. The van der Waals surface area contributed by atoms with Gasteiger partial charge in [0.2, 0.25) is 0 Å². The van der Waals surface area contributed by atoms with Crippen LogP contribution in [0.25, 0.3) is 17.2 Å². The van der Waals surface area contributed by atoms with Gasteiger partial charge in [-0.2, -0.15) is 5.10 Å². The summed E-state index contributed by atoms with van der Waals surface area (Å²) in [5, 5.41) is 7.45. The van der Waals surface area contributed by atoms with Crippen molar-refractivity contribution >= 4 is 5.91 Å². The third kappa shape index (κ3) is 4.53. The summed E-state index contributed by atoms with van der Waals surface area (Å²) < 4.78 is 12.4. The number of carbonyl (C=O) groups excluding carboxylic acids is 1. The average molecular weight is 463 g/mol. The zero-order valence-corrected chi connectivity index (χ0v) is 19.7. The van der Waals surface area contributed by atoms with Crippen LogP contribution in [0.5, 0.6) is 5.75 Å². The molecule has 5 rings (SSSR count). The summed E-state index contributed by atoms with van der Waals surface area (Å²) in [4.78, 5) is 24.5. The van der Waals surface area contributed by atoms with Crippen LogP contribution in [0.1, 0.15) is 33.6 Å². The number of hydrogen-bond donors (Lipinski definition) is 1. The maximum atomic E-state index is 12.8. The summed E-state index contributed by atoms with van der Waals surface area (Å²) >= 11 is 0. The van der Waals surface area contributed by atoms with Crippen molar-refractivity contribution in [2.75, 3.05) is 46.5 Å². The second kappa shape index (κ2) is 9.90. The molecule has 0 unspecified atom stereocenters. The fourth-order valence-corrected chi connectivity index (χ4v) is 4.56. The van der Waals surface area contributed by atoms with Crippen LogP contribution in [0.15, 0.2) is 30.6 Å². The predicted molar refractivity (Wildman–Crippen MR) is 127 cm³/mol. The lowest BCUT2D eigenvalue weighted by atomic mass is 9.90. The normalized spacial score (nSPS) is 15.5. The molecule has 178 valence electrons. The van der Waals surface area contributed by atoms with E-state index in [9.17, 15) is 4.79 Å². The molecule has 1 aromatic carbocycles. The molecule has 34 heavy (non-hydrogen) atoms. The monoisotopic (exact) mass is 462 g/mol. The molecular weight excluding hydrogens is 432 g/mol. The van der Waals surface area contributed by atoms with Gasteiger partial charge in [-0.1, -0.05) is 6.07 Å². The molecular formula is C25H30N6O3. The Hall–Kier alpha value is -3.30. The second-order valence-corrected chi connectivity index (χ2v) is 8.69. The summed E-state index contributed by atoms with van der Waals surface area (Å²) in [5.41, 5.74) is 5.56. The SMILES string of the molecule is COc1ccc2c(c1)-c1nc(-n3ncc(C(=O)NCCCN4CCOCC4)c3C)ncc1CC2. The molecule has 9 heteroatoms. The number of benzene rings is 1. The fourth-order valence-electron chi connectivity index (χ4n) is 4.56. The largest absolute Gasteiger partial charge is 0.497 e. The molecule has 0 bridgehead atoms. The van der Waals surface area contributed by atoms with Crippen LogP contribution in [-0.4, -0.2) is 77.1 Å². The lowest BCUT2D eigenvalue weighted by Crippen LogP contribution is -2.38. The van der Waals surface area contributed by atoms with Crippen LogP contribution in [0.2, 0.25) is 0 Å². The molecule has 1 fully saturated rings. The highest BCUT2D eigenvalue weighted by Crippen LogP contribution is 2.34. The Kier molecular flexibility index (Phi) is 6.55. The van der Waals surface area contributed by atoms with Crippen LogP contribution in [0, 0.1) is 6.92 Å². The minimum absolute atomic E-state index is 0.126. The number of nitrogens with zero attached hydrogens (tertiary/aromatic N) is 5. The summed E-state index contributed by atoms with van der Waals surface area (Å²) in [7, 11) is 1.67. The standard InChI is InChI=1S/C25H30N6O3/c1-17-22(24(32)26-8-3-9-30-10-12-34-13-11-30)16-28-31(17)25-27-15-19-5-4-18-6-7-20(33-2)14-21(18)23(19)29-25/h6-7,14-16H,3-5,8-13H2,1-2H3,(H,26,32). The van der Waals surface area contributed by atoms with Crippen LogP contribution >= 0.6 is 0 Å². The second-order valence-electron chi connectivity index (χ2n) is 8.69. The molecule has 0 spiro atoms. The number of amides is 1. The van der Waals surface area contributed by atoms with E-state index in [-0.39, 0.29) is 5.91 Å². The van der Waals surface area contributed by atoms with Gasteiger partial charge in [0.25, 0.3) is 11.9 Å². The van der Waals surface area contributed by atoms with Crippen molar-refractivity contribution in [2.45, 2.75) is 26.2 Å². The fraction of sp³-hybridized carbons (Fsp3) is 0.440. The van der Waals surface area contributed by atoms with E-state index in [1.165, 1.54) is 5.56 Å². The molecule has 1 saturated heterocycles. The third-order valence-electron chi connectivity index (χ3n) is 6.57. The van der Waals surface area contributed by atoms with Crippen LogP contribution in [-0.2, 0) is 17.6 Å². The lowest BCUT2D eigenvalue weighted by molar-refractivity contribution is 0.0374. The van der Waals surface area contributed by atoms with E-state index >= 15 is 0 Å².